The maximum absolute atomic E-state index is 13.5. The average molecular weight is 415 g/mol. The number of carbonyl (C=O) groups is 1. The number of hydrogen-bond donors (Lipinski definition) is 1. The highest BCUT2D eigenvalue weighted by atomic mass is 32.2. The van der Waals surface area contributed by atoms with E-state index >= 15 is 0 Å². The van der Waals surface area contributed by atoms with Crippen LogP contribution in [-0.2, 0) is 21.6 Å². The number of amides is 1. The first-order chi connectivity index (χ1) is 12.2. The third-order valence-electron chi connectivity index (χ3n) is 4.35. The lowest BCUT2D eigenvalue weighted by Gasteiger charge is -2.07. The molecule has 0 bridgehead atoms. The van der Waals surface area contributed by atoms with Crippen LogP contribution in [0.3, 0.4) is 0 Å². The number of anilines is 1. The molecule has 9 heteroatoms. The Kier molecular flexibility index (Phi) is 6.72. The molecule has 3 rings (SSSR count). The molecule has 1 N–H and O–H groups in total. The highest BCUT2D eigenvalue weighted by Gasteiger charge is 2.27. The summed E-state index contributed by atoms with van der Waals surface area (Å²) in [5.74, 6) is -0.966. The number of benzene rings is 1. The summed E-state index contributed by atoms with van der Waals surface area (Å²) < 4.78 is 45.3. The Balaban J connectivity index is 0.00000261. The molecule has 148 valence electrons. The van der Waals surface area contributed by atoms with Gasteiger partial charge in [0.25, 0.3) is 5.91 Å². The maximum Gasteiger partial charge on any atom is 0.272 e. The summed E-state index contributed by atoms with van der Waals surface area (Å²) in [6.45, 7) is 2.74. The molecule has 1 aliphatic rings. The molecular weight excluding hydrogens is 391 g/mol. The summed E-state index contributed by atoms with van der Waals surface area (Å²) >= 11 is 0. The summed E-state index contributed by atoms with van der Waals surface area (Å²) in [4.78, 5) is 12.6. The smallest absolute Gasteiger partial charge is 0.272 e. The molecule has 1 amide bonds. The first-order valence-corrected chi connectivity index (χ1v) is 9.95. The van der Waals surface area contributed by atoms with E-state index in [9.17, 15) is 17.6 Å². The average Bonchev–Trinajstić information content (AvgIpc) is 3.15. The van der Waals surface area contributed by atoms with Crippen molar-refractivity contribution in [3.63, 3.8) is 0 Å². The van der Waals surface area contributed by atoms with Gasteiger partial charge in [-0.25, -0.2) is 12.8 Å². The molecule has 2 aromatic rings. The number of halogens is 1. The van der Waals surface area contributed by atoms with Gasteiger partial charge >= 0.3 is 0 Å². The minimum atomic E-state index is -3.51. The van der Waals surface area contributed by atoms with Gasteiger partial charge in [0.05, 0.1) is 17.3 Å². The number of aromatic nitrogens is 1. The first-order valence-electron chi connectivity index (χ1n) is 8.30. The third kappa shape index (κ3) is 5.12. The number of carbonyl (C=O) groups excluding carboxylic acids is 1. The molecule has 1 fully saturated rings. The van der Waals surface area contributed by atoms with Gasteiger partial charge < -0.3 is 14.6 Å². The number of aryl methyl sites for hydroxylation is 2. The quantitative estimate of drug-likeness (QED) is 0.816. The summed E-state index contributed by atoms with van der Waals surface area (Å²) in [6, 6.07) is 5.56. The van der Waals surface area contributed by atoms with Crippen LogP contribution in [-0.4, -0.2) is 37.9 Å². The Hall–Kier alpha value is -1.84. The Bertz CT molecular complexity index is 915. The lowest BCUT2D eigenvalue weighted by atomic mass is 10.2. The molecule has 6 nitrogen and oxygen atoms in total. The molecule has 1 aromatic carbocycles. The van der Waals surface area contributed by atoms with Crippen LogP contribution in [0.5, 0.6) is 0 Å². The minimum absolute atomic E-state index is 0. The van der Waals surface area contributed by atoms with Crippen molar-refractivity contribution in [1.82, 2.24) is 4.57 Å². The number of rotatable bonds is 5. The summed E-state index contributed by atoms with van der Waals surface area (Å²) in [5, 5.41) is 2.60. The standard InChI is InChI=1S/C18H21FN2O4S.H2S/c1-12-5-14(19)7-15(6-12)20-18(22)17-8-16(9-21(17)2)26(23,24)11-13-3-4-25-10-13;/h5-9,13H,3-4,10-11H2,1-2H3,(H,20,22);1H2/t13-;/m0./s1. The molecule has 0 spiro atoms. The van der Waals surface area contributed by atoms with Crippen molar-refractivity contribution >= 4 is 34.9 Å². The monoisotopic (exact) mass is 414 g/mol. The van der Waals surface area contributed by atoms with E-state index in [1.807, 2.05) is 0 Å². The van der Waals surface area contributed by atoms with Gasteiger partial charge in [0.1, 0.15) is 11.5 Å². The van der Waals surface area contributed by atoms with Crippen molar-refractivity contribution in [3.05, 3.63) is 47.5 Å². The fraction of sp³-hybridized carbons (Fsp3) is 0.389. The van der Waals surface area contributed by atoms with Gasteiger partial charge in [-0.15, -0.1) is 0 Å². The molecular formula is C18H23FN2O4S2. The summed E-state index contributed by atoms with van der Waals surface area (Å²) in [6.07, 6.45) is 2.15. The van der Waals surface area contributed by atoms with Gasteiger partial charge in [-0.3, -0.25) is 4.79 Å². The molecule has 1 atom stereocenters. The molecule has 1 aliphatic heterocycles. The van der Waals surface area contributed by atoms with Crippen LogP contribution in [0.1, 0.15) is 22.5 Å². The fourth-order valence-corrected chi connectivity index (χ4v) is 4.74. The van der Waals surface area contributed by atoms with E-state index in [2.05, 4.69) is 5.32 Å². The van der Waals surface area contributed by atoms with Gasteiger partial charge in [-0.2, -0.15) is 13.5 Å². The van der Waals surface area contributed by atoms with Crippen LogP contribution in [0.25, 0.3) is 0 Å². The topological polar surface area (TPSA) is 77.4 Å². The van der Waals surface area contributed by atoms with E-state index in [1.165, 1.54) is 29.0 Å². The Labute approximate surface area is 165 Å². The summed E-state index contributed by atoms with van der Waals surface area (Å²) in [5.41, 5.74) is 1.18. The molecule has 2 heterocycles. The van der Waals surface area contributed by atoms with Gasteiger partial charge in [0, 0.05) is 25.5 Å². The SMILES string of the molecule is Cc1cc(F)cc(NC(=O)c2cc(S(=O)(=O)C[C@H]3CCOC3)cn2C)c1.S. The molecule has 1 saturated heterocycles. The normalized spacial score (nSPS) is 16.8. The second-order valence-corrected chi connectivity index (χ2v) is 8.69. The van der Waals surface area contributed by atoms with Crippen LogP contribution in [0, 0.1) is 18.7 Å². The van der Waals surface area contributed by atoms with E-state index in [0.29, 0.717) is 24.5 Å². The van der Waals surface area contributed by atoms with Crippen molar-refractivity contribution in [1.29, 1.82) is 0 Å². The van der Waals surface area contributed by atoms with E-state index in [-0.39, 0.29) is 35.8 Å². The Morgan fingerprint density at radius 2 is 2.07 bits per heavy atom. The maximum atomic E-state index is 13.5. The largest absolute Gasteiger partial charge is 0.381 e. The zero-order valence-electron chi connectivity index (χ0n) is 15.2. The van der Waals surface area contributed by atoms with Crippen molar-refractivity contribution in [2.45, 2.75) is 18.2 Å². The fourth-order valence-electron chi connectivity index (χ4n) is 3.05. The third-order valence-corrected chi connectivity index (χ3v) is 6.20. The lowest BCUT2D eigenvalue weighted by Crippen LogP contribution is -2.16. The number of hydrogen-bond acceptors (Lipinski definition) is 4. The van der Waals surface area contributed by atoms with E-state index in [1.54, 1.807) is 20.0 Å². The number of nitrogens with one attached hydrogen (secondary N) is 1. The zero-order valence-corrected chi connectivity index (χ0v) is 17.0. The first kappa shape index (κ1) is 21.5. The summed E-state index contributed by atoms with van der Waals surface area (Å²) in [7, 11) is -1.91. The second kappa shape index (κ2) is 8.45. The number of ether oxygens (including phenoxy) is 1. The second-order valence-electron chi connectivity index (χ2n) is 6.65. The van der Waals surface area contributed by atoms with Gasteiger partial charge in [0.15, 0.2) is 9.84 Å². The van der Waals surface area contributed by atoms with E-state index in [4.69, 9.17) is 4.74 Å². The predicted octanol–water partition coefficient (Wildman–Crippen LogP) is 2.65. The van der Waals surface area contributed by atoms with Gasteiger partial charge in [0.2, 0.25) is 0 Å². The number of nitrogens with zero attached hydrogens (tertiary/aromatic N) is 1. The van der Waals surface area contributed by atoms with Crippen LogP contribution in [0.15, 0.2) is 35.4 Å². The minimum Gasteiger partial charge on any atom is -0.381 e. The molecule has 0 saturated carbocycles. The molecule has 27 heavy (non-hydrogen) atoms. The Morgan fingerprint density at radius 1 is 1.33 bits per heavy atom. The number of sulfone groups is 1. The molecule has 1 aromatic heterocycles. The van der Waals surface area contributed by atoms with E-state index in [0.717, 1.165) is 6.42 Å². The van der Waals surface area contributed by atoms with Crippen LogP contribution in [0.2, 0.25) is 0 Å². The Morgan fingerprint density at radius 3 is 2.70 bits per heavy atom. The zero-order chi connectivity index (χ0) is 18.9. The van der Waals surface area contributed by atoms with Crippen molar-refractivity contribution in [3.8, 4) is 0 Å². The highest BCUT2D eigenvalue weighted by Crippen LogP contribution is 2.22. The predicted molar refractivity (Wildman–Crippen MR) is 106 cm³/mol. The van der Waals surface area contributed by atoms with Crippen molar-refractivity contribution in [2.75, 3.05) is 24.3 Å². The molecule has 0 radical (unpaired) electrons. The van der Waals surface area contributed by atoms with Crippen LogP contribution in [0.4, 0.5) is 10.1 Å². The molecule has 0 aliphatic carbocycles. The van der Waals surface area contributed by atoms with Crippen LogP contribution < -0.4 is 5.32 Å². The van der Waals surface area contributed by atoms with E-state index < -0.39 is 21.6 Å². The van der Waals surface area contributed by atoms with Crippen molar-refractivity contribution < 1.29 is 22.3 Å². The van der Waals surface area contributed by atoms with Gasteiger partial charge in [-0.05, 0) is 49.1 Å². The van der Waals surface area contributed by atoms with Gasteiger partial charge in [-0.1, -0.05) is 0 Å². The highest BCUT2D eigenvalue weighted by molar-refractivity contribution is 7.91. The lowest BCUT2D eigenvalue weighted by molar-refractivity contribution is 0.101. The van der Waals surface area contributed by atoms with Crippen molar-refractivity contribution in [2.24, 2.45) is 13.0 Å². The van der Waals surface area contributed by atoms with Crippen LogP contribution >= 0.6 is 13.5 Å². The molecule has 0 unspecified atom stereocenters.